The van der Waals surface area contributed by atoms with Crippen LogP contribution in [0.2, 0.25) is 0 Å². The normalized spacial score (nSPS) is 15.3. The minimum Gasteiger partial charge on any atom is -0.480 e. The van der Waals surface area contributed by atoms with E-state index in [1.807, 2.05) is 34.6 Å². The summed E-state index contributed by atoms with van der Waals surface area (Å²) in [5.41, 5.74) is 4.11. The minimum absolute atomic E-state index is 0.0181. The van der Waals surface area contributed by atoms with Gasteiger partial charge in [0.1, 0.15) is 23.9 Å². The van der Waals surface area contributed by atoms with Crippen LogP contribution < -0.4 is 15.2 Å². The van der Waals surface area contributed by atoms with Gasteiger partial charge in [0, 0.05) is 12.8 Å². The van der Waals surface area contributed by atoms with E-state index in [0.29, 0.717) is 12.0 Å². The molecule has 3 N–H and O–H groups in total. The van der Waals surface area contributed by atoms with E-state index in [1.54, 1.807) is 34.6 Å². The molecule has 0 bridgehead atoms. The van der Waals surface area contributed by atoms with Crippen LogP contribution in [-0.2, 0) is 30.2 Å². The maximum atomic E-state index is 12.5. The van der Waals surface area contributed by atoms with Gasteiger partial charge in [-0.05, 0) is 70.6 Å². The molecule has 41 heavy (non-hydrogen) atoms. The number of rotatable bonds is 14. The summed E-state index contributed by atoms with van der Waals surface area (Å²) in [7, 11) is 0. The van der Waals surface area contributed by atoms with Gasteiger partial charge in [-0.2, -0.15) is 0 Å². The van der Waals surface area contributed by atoms with Gasteiger partial charge < -0.3 is 34.5 Å². The van der Waals surface area contributed by atoms with Gasteiger partial charge in [-0.1, -0.05) is 40.7 Å². The third-order valence-electron chi connectivity index (χ3n) is 7.18. The predicted octanol–water partition coefficient (Wildman–Crippen LogP) is 5.89. The van der Waals surface area contributed by atoms with Gasteiger partial charge in [0.05, 0.1) is 5.41 Å². The van der Waals surface area contributed by atoms with E-state index in [2.05, 4.69) is 0 Å². The zero-order valence-electron chi connectivity index (χ0n) is 25.9. The molecule has 1 aromatic carbocycles. The van der Waals surface area contributed by atoms with Crippen LogP contribution >= 0.6 is 0 Å². The summed E-state index contributed by atoms with van der Waals surface area (Å²) in [5.74, 6) is -2.03. The Morgan fingerprint density at radius 3 is 1.76 bits per heavy atom. The number of benzene rings is 1. The van der Waals surface area contributed by atoms with E-state index in [-0.39, 0.29) is 36.2 Å². The van der Waals surface area contributed by atoms with E-state index < -0.39 is 53.5 Å². The van der Waals surface area contributed by atoms with Crippen molar-refractivity contribution in [3.8, 4) is 11.5 Å². The SMILES string of the molecule is CCC(C)(C)C(=O)O[C@@H](C)CC(N)(Cc1ccc(OC(=O)OC(C)C(C)C)c(OC(=O)OC(C)C(C)C)c1)C(=O)O. The number of ether oxygens (including phenoxy) is 5. The van der Waals surface area contributed by atoms with Crippen molar-refractivity contribution in [1.82, 2.24) is 0 Å². The lowest BCUT2D eigenvalue weighted by atomic mass is 9.86. The first-order valence-electron chi connectivity index (χ1n) is 13.9. The molecule has 0 saturated heterocycles. The summed E-state index contributed by atoms with van der Waals surface area (Å²) in [6.07, 6.45) is -3.58. The highest BCUT2D eigenvalue weighted by Gasteiger charge is 2.38. The number of carbonyl (C=O) groups excluding carboxylic acids is 3. The standard InChI is InChI=1S/C30H47NO10/c1-11-29(9,10)26(34)37-19(6)15-30(31,25(32)33)16-22-12-13-23(40-27(35)38-20(7)17(2)3)24(14-22)41-28(36)39-21(8)18(4)5/h12-14,17-21H,11,15-16,31H2,1-10H3,(H,32,33)/t19-,20?,21?,30?/m0/s1. The number of nitrogens with two attached hydrogens (primary N) is 1. The first kappa shape index (κ1) is 35.7. The van der Waals surface area contributed by atoms with Gasteiger partial charge >= 0.3 is 24.2 Å². The van der Waals surface area contributed by atoms with Gasteiger partial charge in [0.2, 0.25) is 0 Å². The second-order valence-electron chi connectivity index (χ2n) is 11.9. The summed E-state index contributed by atoms with van der Waals surface area (Å²) < 4.78 is 26.7. The second-order valence-corrected chi connectivity index (χ2v) is 11.9. The molecule has 1 rings (SSSR count). The van der Waals surface area contributed by atoms with Crippen molar-refractivity contribution in [3.63, 3.8) is 0 Å². The molecule has 0 fully saturated rings. The Kier molecular flexibility index (Phi) is 13.1. The predicted molar refractivity (Wildman–Crippen MR) is 152 cm³/mol. The fourth-order valence-electron chi connectivity index (χ4n) is 3.27. The van der Waals surface area contributed by atoms with Crippen LogP contribution in [0.15, 0.2) is 18.2 Å². The molecule has 11 heteroatoms. The number of esters is 1. The van der Waals surface area contributed by atoms with Crippen molar-refractivity contribution in [2.75, 3.05) is 0 Å². The number of aliphatic carboxylic acids is 1. The van der Waals surface area contributed by atoms with E-state index in [0.717, 1.165) is 0 Å². The molecule has 0 radical (unpaired) electrons. The number of carboxylic acids is 1. The first-order chi connectivity index (χ1) is 18.8. The molecule has 11 nitrogen and oxygen atoms in total. The summed E-state index contributed by atoms with van der Waals surface area (Å²) in [4.78, 5) is 49.6. The quantitative estimate of drug-likeness (QED) is 0.153. The fraction of sp³-hybridized carbons (Fsp3) is 0.667. The molecule has 0 aliphatic rings. The van der Waals surface area contributed by atoms with Crippen LogP contribution in [0, 0.1) is 17.3 Å². The first-order valence-corrected chi connectivity index (χ1v) is 13.9. The summed E-state index contributed by atoms with van der Waals surface area (Å²) in [6.45, 7) is 17.8. The smallest absolute Gasteiger partial charge is 0.480 e. The molecule has 0 amide bonds. The Hall–Kier alpha value is -3.34. The number of hydrogen-bond donors (Lipinski definition) is 2. The van der Waals surface area contributed by atoms with E-state index >= 15 is 0 Å². The van der Waals surface area contributed by atoms with Crippen molar-refractivity contribution >= 4 is 24.2 Å². The summed E-state index contributed by atoms with van der Waals surface area (Å²) >= 11 is 0. The zero-order chi connectivity index (χ0) is 31.7. The highest BCUT2D eigenvalue weighted by atomic mass is 16.7. The molecule has 232 valence electrons. The van der Waals surface area contributed by atoms with Crippen LogP contribution in [0.3, 0.4) is 0 Å². The molecule has 0 saturated carbocycles. The molecule has 4 atom stereocenters. The zero-order valence-corrected chi connectivity index (χ0v) is 25.9. The minimum atomic E-state index is -1.84. The van der Waals surface area contributed by atoms with E-state index in [9.17, 15) is 24.3 Å². The molecule has 0 aliphatic heterocycles. The molecule has 0 spiro atoms. The van der Waals surface area contributed by atoms with Gasteiger partial charge in [-0.15, -0.1) is 0 Å². The van der Waals surface area contributed by atoms with Crippen molar-refractivity contribution in [2.45, 2.75) is 112 Å². The van der Waals surface area contributed by atoms with Crippen molar-refractivity contribution in [2.24, 2.45) is 23.0 Å². The van der Waals surface area contributed by atoms with Crippen LogP contribution in [0.4, 0.5) is 9.59 Å². The van der Waals surface area contributed by atoms with Crippen LogP contribution in [-0.4, -0.2) is 53.2 Å². The molecule has 1 aromatic rings. The van der Waals surface area contributed by atoms with Crippen molar-refractivity contribution < 1.29 is 48.0 Å². The molecule has 3 unspecified atom stereocenters. The molecule has 0 heterocycles. The topological polar surface area (TPSA) is 161 Å². The Labute approximate surface area is 243 Å². The highest BCUT2D eigenvalue weighted by Crippen LogP contribution is 2.32. The van der Waals surface area contributed by atoms with Gasteiger partial charge in [0.25, 0.3) is 0 Å². The Morgan fingerprint density at radius 2 is 1.32 bits per heavy atom. The Bertz CT molecular complexity index is 1070. The fourth-order valence-corrected chi connectivity index (χ4v) is 3.27. The van der Waals surface area contributed by atoms with Crippen molar-refractivity contribution in [1.29, 1.82) is 0 Å². The third-order valence-corrected chi connectivity index (χ3v) is 7.18. The molecular formula is C30H47NO10. The average Bonchev–Trinajstić information content (AvgIpc) is 2.84. The Balaban J connectivity index is 3.27. The lowest BCUT2D eigenvalue weighted by molar-refractivity contribution is -0.161. The van der Waals surface area contributed by atoms with Crippen molar-refractivity contribution in [3.05, 3.63) is 23.8 Å². The number of hydrogen-bond acceptors (Lipinski definition) is 10. The third kappa shape index (κ3) is 11.2. The van der Waals surface area contributed by atoms with Gasteiger partial charge in [0.15, 0.2) is 11.5 Å². The molecular weight excluding hydrogens is 534 g/mol. The van der Waals surface area contributed by atoms with Gasteiger partial charge in [-0.25, -0.2) is 9.59 Å². The van der Waals surface area contributed by atoms with E-state index in [4.69, 9.17) is 29.4 Å². The summed E-state index contributed by atoms with van der Waals surface area (Å²) in [6, 6.07) is 4.18. The van der Waals surface area contributed by atoms with Crippen LogP contribution in [0.25, 0.3) is 0 Å². The maximum absolute atomic E-state index is 12.5. The largest absolute Gasteiger partial charge is 0.514 e. The van der Waals surface area contributed by atoms with Crippen LogP contribution in [0.5, 0.6) is 11.5 Å². The van der Waals surface area contributed by atoms with Crippen LogP contribution in [0.1, 0.15) is 87.6 Å². The molecule has 0 aromatic heterocycles. The second kappa shape index (κ2) is 15.0. The molecule has 0 aliphatic carbocycles. The number of carbonyl (C=O) groups is 4. The maximum Gasteiger partial charge on any atom is 0.514 e. The van der Waals surface area contributed by atoms with E-state index in [1.165, 1.54) is 18.2 Å². The lowest BCUT2D eigenvalue weighted by Gasteiger charge is -2.30. The monoisotopic (exact) mass is 581 g/mol. The lowest BCUT2D eigenvalue weighted by Crippen LogP contribution is -2.52. The average molecular weight is 582 g/mol. The summed E-state index contributed by atoms with van der Waals surface area (Å²) in [5, 5.41) is 9.99. The van der Waals surface area contributed by atoms with Gasteiger partial charge in [-0.3, -0.25) is 9.59 Å². The number of carboxylic acid groups (broad SMARTS) is 1. The Morgan fingerprint density at radius 1 is 0.829 bits per heavy atom. The highest BCUT2D eigenvalue weighted by molar-refractivity contribution is 5.80.